The van der Waals surface area contributed by atoms with Crippen LogP contribution in [-0.2, 0) is 16.6 Å². The van der Waals surface area contributed by atoms with Crippen molar-refractivity contribution in [2.45, 2.75) is 43.2 Å². The lowest BCUT2D eigenvalue weighted by atomic mass is 10.2. The first-order valence-corrected chi connectivity index (χ1v) is 9.32. The molecular formula is C14H19BrN2O2S. The molecule has 0 radical (unpaired) electrons. The normalized spacial score (nSPS) is 20.4. The third kappa shape index (κ3) is 3.08. The topological polar surface area (TPSA) is 49.4 Å². The Labute approximate surface area is 128 Å². The fraction of sp³-hybridized carbons (Fsp3) is 0.571. The summed E-state index contributed by atoms with van der Waals surface area (Å²) in [7, 11) is -3.36. The Kier molecular flexibility index (Phi) is 4.17. The zero-order valence-electron chi connectivity index (χ0n) is 11.3. The Morgan fingerprint density at radius 2 is 1.95 bits per heavy atom. The van der Waals surface area contributed by atoms with Gasteiger partial charge in [-0.2, -0.15) is 4.31 Å². The second-order valence-corrected chi connectivity index (χ2v) is 8.29. The van der Waals surface area contributed by atoms with Crippen LogP contribution in [0.1, 0.15) is 31.2 Å². The molecule has 110 valence electrons. The second kappa shape index (κ2) is 5.75. The fourth-order valence-electron chi connectivity index (χ4n) is 2.47. The highest BCUT2D eigenvalue weighted by Crippen LogP contribution is 2.28. The summed E-state index contributed by atoms with van der Waals surface area (Å²) in [6.45, 7) is 2.01. The van der Waals surface area contributed by atoms with Crippen LogP contribution in [0.15, 0.2) is 27.6 Å². The van der Waals surface area contributed by atoms with Gasteiger partial charge in [0.25, 0.3) is 0 Å². The summed E-state index contributed by atoms with van der Waals surface area (Å²) in [5.74, 6) is 0. The van der Waals surface area contributed by atoms with Gasteiger partial charge < -0.3 is 5.32 Å². The van der Waals surface area contributed by atoms with Crippen molar-refractivity contribution in [3.8, 4) is 0 Å². The van der Waals surface area contributed by atoms with Gasteiger partial charge in [0, 0.05) is 30.1 Å². The van der Waals surface area contributed by atoms with E-state index in [9.17, 15) is 8.42 Å². The van der Waals surface area contributed by atoms with Crippen LogP contribution in [0, 0.1) is 0 Å². The predicted octanol–water partition coefficient (Wildman–Crippen LogP) is 2.49. The SMILES string of the molecule is O=S(=O)(c1cc(CNC2CC2)ccc1Br)N1CCCC1. The molecule has 3 rings (SSSR count). The highest BCUT2D eigenvalue weighted by Gasteiger charge is 2.29. The van der Waals surface area contributed by atoms with Crippen LogP contribution in [0.3, 0.4) is 0 Å². The van der Waals surface area contributed by atoms with Crippen molar-refractivity contribution in [1.82, 2.24) is 9.62 Å². The van der Waals surface area contributed by atoms with Gasteiger partial charge in [-0.3, -0.25) is 0 Å². The Morgan fingerprint density at radius 3 is 2.60 bits per heavy atom. The largest absolute Gasteiger partial charge is 0.310 e. The van der Waals surface area contributed by atoms with E-state index in [-0.39, 0.29) is 0 Å². The maximum atomic E-state index is 12.6. The van der Waals surface area contributed by atoms with Gasteiger partial charge in [0.15, 0.2) is 0 Å². The van der Waals surface area contributed by atoms with Crippen molar-refractivity contribution in [2.75, 3.05) is 13.1 Å². The molecule has 1 N–H and O–H groups in total. The van der Waals surface area contributed by atoms with Crippen molar-refractivity contribution in [2.24, 2.45) is 0 Å². The summed E-state index contributed by atoms with van der Waals surface area (Å²) in [6.07, 6.45) is 4.38. The highest BCUT2D eigenvalue weighted by molar-refractivity contribution is 9.10. The third-order valence-corrected chi connectivity index (χ3v) is 6.74. The molecule has 1 aliphatic heterocycles. The number of hydrogen-bond acceptors (Lipinski definition) is 3. The minimum Gasteiger partial charge on any atom is -0.310 e. The smallest absolute Gasteiger partial charge is 0.244 e. The molecule has 20 heavy (non-hydrogen) atoms. The standard InChI is InChI=1S/C14H19BrN2O2S/c15-13-6-3-11(10-16-12-4-5-12)9-14(13)20(18,19)17-7-1-2-8-17/h3,6,9,12,16H,1-2,4-5,7-8,10H2. The van der Waals surface area contributed by atoms with Crippen LogP contribution in [0.25, 0.3) is 0 Å². The molecule has 1 aliphatic carbocycles. The Hall–Kier alpha value is -0.430. The molecule has 0 aromatic heterocycles. The van der Waals surface area contributed by atoms with Crippen LogP contribution >= 0.6 is 15.9 Å². The molecular weight excluding hydrogens is 340 g/mol. The number of nitrogens with zero attached hydrogens (tertiary/aromatic N) is 1. The third-order valence-electron chi connectivity index (χ3n) is 3.85. The molecule has 6 heteroatoms. The number of rotatable bonds is 5. The quantitative estimate of drug-likeness (QED) is 0.879. The lowest BCUT2D eigenvalue weighted by molar-refractivity contribution is 0.477. The van der Waals surface area contributed by atoms with E-state index in [2.05, 4.69) is 21.2 Å². The van der Waals surface area contributed by atoms with Gasteiger partial charge in [-0.1, -0.05) is 6.07 Å². The molecule has 0 unspecified atom stereocenters. The number of benzene rings is 1. The Balaban J connectivity index is 1.84. The van der Waals surface area contributed by atoms with E-state index in [1.807, 2.05) is 12.1 Å². The molecule has 1 aromatic carbocycles. The van der Waals surface area contributed by atoms with E-state index in [0.29, 0.717) is 28.5 Å². The fourth-order valence-corrected chi connectivity index (χ4v) is 4.96. The molecule has 1 heterocycles. The second-order valence-electron chi connectivity index (χ2n) is 5.53. The summed E-state index contributed by atoms with van der Waals surface area (Å²) in [4.78, 5) is 0.398. The predicted molar refractivity (Wildman–Crippen MR) is 82.0 cm³/mol. The Bertz CT molecular complexity index is 593. The Morgan fingerprint density at radius 1 is 1.25 bits per heavy atom. The van der Waals surface area contributed by atoms with Gasteiger partial charge in [-0.25, -0.2) is 8.42 Å². The monoisotopic (exact) mass is 358 g/mol. The van der Waals surface area contributed by atoms with E-state index in [0.717, 1.165) is 24.9 Å². The number of nitrogens with one attached hydrogen (secondary N) is 1. The van der Waals surface area contributed by atoms with E-state index < -0.39 is 10.0 Å². The average molecular weight is 359 g/mol. The molecule has 1 aromatic rings. The van der Waals surface area contributed by atoms with Crippen LogP contribution in [-0.4, -0.2) is 31.9 Å². The van der Waals surface area contributed by atoms with Crippen molar-refractivity contribution < 1.29 is 8.42 Å². The van der Waals surface area contributed by atoms with Gasteiger partial charge in [0.2, 0.25) is 10.0 Å². The molecule has 0 amide bonds. The van der Waals surface area contributed by atoms with Crippen molar-refractivity contribution in [3.05, 3.63) is 28.2 Å². The van der Waals surface area contributed by atoms with Gasteiger partial charge in [0.1, 0.15) is 0 Å². The maximum absolute atomic E-state index is 12.6. The molecule has 0 spiro atoms. The van der Waals surface area contributed by atoms with E-state index in [4.69, 9.17) is 0 Å². The molecule has 2 fully saturated rings. The van der Waals surface area contributed by atoms with Gasteiger partial charge in [0.05, 0.1) is 4.90 Å². The van der Waals surface area contributed by atoms with Crippen LogP contribution < -0.4 is 5.32 Å². The lowest BCUT2D eigenvalue weighted by Crippen LogP contribution is -2.28. The first-order valence-electron chi connectivity index (χ1n) is 7.09. The van der Waals surface area contributed by atoms with Crippen molar-refractivity contribution in [3.63, 3.8) is 0 Å². The van der Waals surface area contributed by atoms with Crippen molar-refractivity contribution in [1.29, 1.82) is 0 Å². The molecule has 1 saturated heterocycles. The van der Waals surface area contributed by atoms with E-state index in [1.54, 1.807) is 10.4 Å². The zero-order chi connectivity index (χ0) is 14.2. The van der Waals surface area contributed by atoms with Crippen molar-refractivity contribution >= 4 is 26.0 Å². The molecule has 0 bridgehead atoms. The molecule has 4 nitrogen and oxygen atoms in total. The van der Waals surface area contributed by atoms with E-state index >= 15 is 0 Å². The van der Waals surface area contributed by atoms with Crippen LogP contribution in [0.2, 0.25) is 0 Å². The minimum absolute atomic E-state index is 0.398. The number of sulfonamides is 1. The first-order chi connectivity index (χ1) is 9.57. The molecule has 2 aliphatic rings. The molecule has 1 saturated carbocycles. The molecule has 0 atom stereocenters. The van der Waals surface area contributed by atoms with Gasteiger partial charge >= 0.3 is 0 Å². The number of hydrogen-bond donors (Lipinski definition) is 1. The summed E-state index contributed by atoms with van der Waals surface area (Å²) in [6, 6.07) is 6.24. The lowest BCUT2D eigenvalue weighted by Gasteiger charge is -2.17. The average Bonchev–Trinajstić information content (AvgIpc) is 3.08. The summed E-state index contributed by atoms with van der Waals surface area (Å²) in [5.41, 5.74) is 1.03. The summed E-state index contributed by atoms with van der Waals surface area (Å²) in [5, 5.41) is 3.42. The van der Waals surface area contributed by atoms with E-state index in [1.165, 1.54) is 12.8 Å². The first kappa shape index (κ1) is 14.5. The van der Waals surface area contributed by atoms with Crippen LogP contribution in [0.5, 0.6) is 0 Å². The summed E-state index contributed by atoms with van der Waals surface area (Å²) < 4.78 is 27.5. The minimum atomic E-state index is -3.36. The summed E-state index contributed by atoms with van der Waals surface area (Å²) >= 11 is 3.38. The maximum Gasteiger partial charge on any atom is 0.244 e. The highest BCUT2D eigenvalue weighted by atomic mass is 79.9. The van der Waals surface area contributed by atoms with Gasteiger partial charge in [-0.15, -0.1) is 0 Å². The zero-order valence-corrected chi connectivity index (χ0v) is 13.7. The van der Waals surface area contributed by atoms with Gasteiger partial charge in [-0.05, 0) is 59.3 Å². The van der Waals surface area contributed by atoms with Crippen LogP contribution in [0.4, 0.5) is 0 Å². The number of halogens is 1.